The average molecular weight is 504 g/mol. The fraction of sp³-hybridized carbons (Fsp3) is 0.143. The molecule has 3 rings (SSSR count). The maximum absolute atomic E-state index is 12.3. The normalized spacial score (nSPS) is 14.3. The van der Waals surface area contributed by atoms with Crippen molar-refractivity contribution in [2.24, 2.45) is 0 Å². The highest BCUT2D eigenvalue weighted by molar-refractivity contribution is 9.10. The molecular weight excluding hydrogens is 486 g/mol. The van der Waals surface area contributed by atoms with Gasteiger partial charge in [0.15, 0.2) is 11.8 Å². The van der Waals surface area contributed by atoms with Crippen molar-refractivity contribution in [1.82, 2.24) is 5.32 Å². The molecule has 10 heteroatoms. The van der Waals surface area contributed by atoms with Crippen molar-refractivity contribution in [2.75, 3.05) is 18.5 Å². The Morgan fingerprint density at radius 2 is 1.97 bits per heavy atom. The Hall–Kier alpha value is -3.11. The van der Waals surface area contributed by atoms with Crippen LogP contribution in [0, 0.1) is 5.41 Å². The Labute approximate surface area is 191 Å². The minimum absolute atomic E-state index is 0.0575. The molecule has 1 saturated heterocycles. The van der Waals surface area contributed by atoms with Crippen LogP contribution < -0.4 is 15.4 Å². The summed E-state index contributed by atoms with van der Waals surface area (Å²) < 4.78 is 11.3. The van der Waals surface area contributed by atoms with E-state index < -0.39 is 5.97 Å². The summed E-state index contributed by atoms with van der Waals surface area (Å²) in [5.41, 5.74) is 1.50. The lowest BCUT2D eigenvalue weighted by Gasteiger charge is -2.11. The monoisotopic (exact) mass is 503 g/mol. The molecule has 0 spiro atoms. The Kier molecular flexibility index (Phi) is 7.48. The van der Waals surface area contributed by atoms with Gasteiger partial charge in [-0.25, -0.2) is 4.79 Å². The summed E-state index contributed by atoms with van der Waals surface area (Å²) in [4.78, 5) is 36.2. The first kappa shape index (κ1) is 22.6. The first-order valence-electron chi connectivity index (χ1n) is 9.14. The van der Waals surface area contributed by atoms with Gasteiger partial charge < -0.3 is 20.1 Å². The van der Waals surface area contributed by atoms with Crippen LogP contribution in [0.2, 0.25) is 0 Å². The van der Waals surface area contributed by atoms with Crippen molar-refractivity contribution in [1.29, 1.82) is 5.41 Å². The maximum Gasteiger partial charge on any atom is 0.338 e. The van der Waals surface area contributed by atoms with Gasteiger partial charge in [0.2, 0.25) is 0 Å². The lowest BCUT2D eigenvalue weighted by Crippen LogP contribution is -2.20. The molecule has 0 unspecified atom stereocenters. The van der Waals surface area contributed by atoms with E-state index in [0.29, 0.717) is 27.5 Å². The van der Waals surface area contributed by atoms with Gasteiger partial charge in [-0.1, -0.05) is 15.9 Å². The number of halogens is 1. The maximum atomic E-state index is 12.3. The van der Waals surface area contributed by atoms with Crippen LogP contribution in [-0.4, -0.2) is 36.2 Å². The summed E-state index contributed by atoms with van der Waals surface area (Å²) in [6.07, 6.45) is 1.60. The second-order valence-corrected chi connectivity index (χ2v) is 8.18. The number of anilines is 1. The molecule has 1 aliphatic rings. The second-order valence-electron chi connectivity index (χ2n) is 6.21. The van der Waals surface area contributed by atoms with Crippen molar-refractivity contribution < 1.29 is 23.9 Å². The molecule has 2 amide bonds. The molecule has 0 atom stereocenters. The molecule has 160 valence electrons. The molecule has 2 aromatic carbocycles. The zero-order valence-corrected chi connectivity index (χ0v) is 18.8. The highest BCUT2D eigenvalue weighted by Crippen LogP contribution is 2.30. The van der Waals surface area contributed by atoms with Crippen LogP contribution in [0.25, 0.3) is 6.08 Å². The van der Waals surface area contributed by atoms with E-state index in [0.717, 1.165) is 16.2 Å². The number of hydrogen-bond acceptors (Lipinski definition) is 7. The van der Waals surface area contributed by atoms with E-state index in [2.05, 4.69) is 26.6 Å². The van der Waals surface area contributed by atoms with E-state index in [9.17, 15) is 14.4 Å². The SMILES string of the molecule is CCOC(=O)c1ccc(NC(=O)COc2ccc(Br)cc2/C=C2\SC(=N)NC2=O)cc1. The minimum atomic E-state index is -0.426. The van der Waals surface area contributed by atoms with Crippen LogP contribution in [0.1, 0.15) is 22.8 Å². The van der Waals surface area contributed by atoms with Crippen LogP contribution in [-0.2, 0) is 14.3 Å². The van der Waals surface area contributed by atoms with Gasteiger partial charge in [-0.15, -0.1) is 0 Å². The Bertz CT molecular complexity index is 1070. The molecule has 31 heavy (non-hydrogen) atoms. The first-order valence-corrected chi connectivity index (χ1v) is 10.8. The number of esters is 1. The molecule has 0 radical (unpaired) electrons. The highest BCUT2D eigenvalue weighted by atomic mass is 79.9. The lowest BCUT2D eigenvalue weighted by molar-refractivity contribution is -0.118. The number of nitrogens with one attached hydrogen (secondary N) is 3. The van der Waals surface area contributed by atoms with E-state index >= 15 is 0 Å². The smallest absolute Gasteiger partial charge is 0.338 e. The van der Waals surface area contributed by atoms with Gasteiger partial charge in [0.25, 0.3) is 11.8 Å². The van der Waals surface area contributed by atoms with Gasteiger partial charge in [-0.2, -0.15) is 0 Å². The van der Waals surface area contributed by atoms with E-state index in [1.165, 1.54) is 0 Å². The summed E-state index contributed by atoms with van der Waals surface area (Å²) in [5, 5.41) is 12.7. The zero-order valence-electron chi connectivity index (χ0n) is 16.4. The lowest BCUT2D eigenvalue weighted by atomic mass is 10.2. The van der Waals surface area contributed by atoms with E-state index in [1.54, 1.807) is 55.5 Å². The van der Waals surface area contributed by atoms with Crippen LogP contribution in [0.5, 0.6) is 5.75 Å². The van der Waals surface area contributed by atoms with Gasteiger partial charge >= 0.3 is 5.97 Å². The summed E-state index contributed by atoms with van der Waals surface area (Å²) in [6.45, 7) is 1.76. The molecule has 2 aromatic rings. The Balaban J connectivity index is 1.64. The third kappa shape index (κ3) is 6.19. The number of carbonyl (C=O) groups is 3. The van der Waals surface area contributed by atoms with Crippen molar-refractivity contribution >= 4 is 62.4 Å². The summed E-state index contributed by atoms with van der Waals surface area (Å²) in [5.74, 6) is -0.759. The van der Waals surface area contributed by atoms with Gasteiger partial charge in [0.05, 0.1) is 17.1 Å². The average Bonchev–Trinajstić information content (AvgIpc) is 3.05. The van der Waals surface area contributed by atoms with E-state index in [1.807, 2.05) is 0 Å². The quantitative estimate of drug-likeness (QED) is 0.390. The second kappa shape index (κ2) is 10.3. The summed E-state index contributed by atoms with van der Waals surface area (Å²) in [7, 11) is 0. The number of carbonyl (C=O) groups excluding carboxylic acids is 3. The number of hydrogen-bond donors (Lipinski definition) is 3. The molecular formula is C21H18BrN3O5S. The number of amides is 2. The van der Waals surface area contributed by atoms with Crippen LogP contribution in [0.15, 0.2) is 51.8 Å². The first-order chi connectivity index (χ1) is 14.9. The predicted molar refractivity (Wildman–Crippen MR) is 122 cm³/mol. The zero-order chi connectivity index (χ0) is 22.4. The molecule has 1 heterocycles. The number of benzene rings is 2. The van der Waals surface area contributed by atoms with Crippen molar-refractivity contribution in [2.45, 2.75) is 6.92 Å². The molecule has 0 saturated carbocycles. The molecule has 0 bridgehead atoms. The standard InChI is InChI=1S/C21H18BrN3O5S/c1-2-29-20(28)12-3-6-15(7-4-12)24-18(26)11-30-16-8-5-14(22)9-13(16)10-17-19(27)25-21(23)31-17/h3-10H,2,11H2,1H3,(H,24,26)(H2,23,25,27)/b17-10-. The summed E-state index contributed by atoms with van der Waals surface area (Å²) in [6, 6.07) is 11.5. The number of amidine groups is 1. The van der Waals surface area contributed by atoms with Crippen molar-refractivity contribution in [3.05, 3.63) is 63.0 Å². The molecule has 1 fully saturated rings. The van der Waals surface area contributed by atoms with Gasteiger partial charge in [0, 0.05) is 15.7 Å². The largest absolute Gasteiger partial charge is 0.483 e. The van der Waals surface area contributed by atoms with Gasteiger partial charge in [0.1, 0.15) is 5.75 Å². The number of ether oxygens (including phenoxy) is 2. The Morgan fingerprint density at radius 1 is 1.23 bits per heavy atom. The minimum Gasteiger partial charge on any atom is -0.483 e. The van der Waals surface area contributed by atoms with E-state index in [4.69, 9.17) is 14.9 Å². The fourth-order valence-electron chi connectivity index (χ4n) is 2.59. The Morgan fingerprint density at radius 3 is 2.61 bits per heavy atom. The topological polar surface area (TPSA) is 118 Å². The van der Waals surface area contributed by atoms with Gasteiger partial charge in [-0.3, -0.25) is 15.0 Å². The fourth-order valence-corrected chi connectivity index (χ4v) is 3.66. The number of thioether (sulfide) groups is 1. The van der Waals surface area contributed by atoms with Crippen LogP contribution in [0.3, 0.4) is 0 Å². The number of rotatable bonds is 7. The molecule has 0 aliphatic carbocycles. The molecule has 1 aliphatic heterocycles. The van der Waals surface area contributed by atoms with Crippen LogP contribution in [0.4, 0.5) is 5.69 Å². The summed E-state index contributed by atoms with van der Waals surface area (Å²) >= 11 is 4.39. The van der Waals surface area contributed by atoms with Crippen molar-refractivity contribution in [3.63, 3.8) is 0 Å². The van der Waals surface area contributed by atoms with Crippen LogP contribution >= 0.6 is 27.7 Å². The predicted octanol–water partition coefficient (Wildman–Crippen LogP) is 3.78. The third-order valence-corrected chi connectivity index (χ3v) is 5.28. The molecule has 8 nitrogen and oxygen atoms in total. The third-order valence-electron chi connectivity index (χ3n) is 3.96. The van der Waals surface area contributed by atoms with Crippen molar-refractivity contribution in [3.8, 4) is 5.75 Å². The van der Waals surface area contributed by atoms with Gasteiger partial charge in [-0.05, 0) is 67.2 Å². The molecule has 0 aromatic heterocycles. The molecule has 3 N–H and O–H groups in total. The highest BCUT2D eigenvalue weighted by Gasteiger charge is 2.23. The van der Waals surface area contributed by atoms with E-state index in [-0.39, 0.29) is 30.2 Å².